The molecule has 11 rings (SSSR count). The van der Waals surface area contributed by atoms with Gasteiger partial charge in [-0.25, -0.2) is 4.98 Å². The summed E-state index contributed by atoms with van der Waals surface area (Å²) in [5.74, 6) is 0.483. The number of para-hydroxylation sites is 2. The van der Waals surface area contributed by atoms with Crippen molar-refractivity contribution in [3.05, 3.63) is 206 Å². The van der Waals surface area contributed by atoms with E-state index in [9.17, 15) is 5.26 Å². The fraction of sp³-hybridized carbons (Fsp3) is 0. The fourth-order valence-corrected chi connectivity index (χ4v) is 8.22. The van der Waals surface area contributed by atoms with Crippen LogP contribution in [0.5, 0.6) is 0 Å². The lowest BCUT2D eigenvalue weighted by atomic mass is 9.97. The highest BCUT2D eigenvalue weighted by Crippen LogP contribution is 2.41. The molecule has 10 aromatic carbocycles. The van der Waals surface area contributed by atoms with Crippen LogP contribution in [0, 0.1) is 11.3 Å². The molecule has 0 bridgehead atoms. The standard InChI is InChI=1S/C54H33N3O/c55-34-48-31-47(54-56-51-11-5-6-12-53(51)58-54)23-26-52(48)57(49-24-21-43-29-41(17-19-45(43)32-49)39-15-13-35-7-1-3-9-37(35)27-39)50-25-22-44-30-42(18-20-46(44)33-50)40-16-14-36-8-2-4-10-38(36)28-40/h1-33H. The lowest BCUT2D eigenvalue weighted by Gasteiger charge is -2.27. The number of fused-ring (bicyclic) bond motifs is 5. The van der Waals surface area contributed by atoms with Crippen LogP contribution in [0.2, 0.25) is 0 Å². The van der Waals surface area contributed by atoms with Gasteiger partial charge in [0, 0.05) is 16.9 Å². The van der Waals surface area contributed by atoms with Crippen LogP contribution in [0.25, 0.3) is 87.9 Å². The van der Waals surface area contributed by atoms with Crippen LogP contribution in [0.1, 0.15) is 5.56 Å². The smallest absolute Gasteiger partial charge is 0.227 e. The second-order valence-corrected chi connectivity index (χ2v) is 14.8. The van der Waals surface area contributed by atoms with Gasteiger partial charge in [-0.3, -0.25) is 0 Å². The quantitative estimate of drug-likeness (QED) is 0.170. The van der Waals surface area contributed by atoms with E-state index in [1.165, 1.54) is 43.8 Å². The van der Waals surface area contributed by atoms with Crippen LogP contribution < -0.4 is 4.90 Å². The molecular formula is C54H33N3O. The van der Waals surface area contributed by atoms with E-state index in [-0.39, 0.29) is 0 Å². The molecule has 1 aromatic heterocycles. The van der Waals surface area contributed by atoms with Gasteiger partial charge in [0.2, 0.25) is 5.89 Å². The number of anilines is 3. The molecule has 0 amide bonds. The van der Waals surface area contributed by atoms with E-state index >= 15 is 0 Å². The summed E-state index contributed by atoms with van der Waals surface area (Å²) in [5, 5.41) is 20.1. The van der Waals surface area contributed by atoms with E-state index in [1.807, 2.05) is 42.5 Å². The monoisotopic (exact) mass is 739 g/mol. The first kappa shape index (κ1) is 33.3. The minimum absolute atomic E-state index is 0.483. The Hall–Kier alpha value is -8.00. The Morgan fingerprint density at radius 2 is 0.828 bits per heavy atom. The Morgan fingerprint density at radius 3 is 1.36 bits per heavy atom. The molecule has 0 fully saturated rings. The van der Waals surface area contributed by atoms with Crippen LogP contribution in [-0.2, 0) is 0 Å². The molecule has 0 radical (unpaired) electrons. The molecule has 0 aliphatic heterocycles. The highest BCUT2D eigenvalue weighted by Gasteiger charge is 2.20. The van der Waals surface area contributed by atoms with Crippen molar-refractivity contribution < 1.29 is 4.42 Å². The number of nitrogens with zero attached hydrogens (tertiary/aromatic N) is 3. The normalized spacial score (nSPS) is 11.4. The molecule has 0 unspecified atom stereocenters. The first-order valence-electron chi connectivity index (χ1n) is 19.4. The summed E-state index contributed by atoms with van der Waals surface area (Å²) in [6, 6.07) is 72.6. The highest BCUT2D eigenvalue weighted by atomic mass is 16.3. The molecule has 1 heterocycles. The second kappa shape index (κ2) is 13.6. The lowest BCUT2D eigenvalue weighted by Crippen LogP contribution is -2.11. The van der Waals surface area contributed by atoms with Gasteiger partial charge in [-0.15, -0.1) is 0 Å². The Morgan fingerprint density at radius 1 is 0.397 bits per heavy atom. The molecule has 0 saturated heterocycles. The predicted octanol–water partition coefficient (Wildman–Crippen LogP) is 14.8. The number of nitriles is 1. The molecule has 270 valence electrons. The van der Waals surface area contributed by atoms with Gasteiger partial charge < -0.3 is 9.32 Å². The molecular weight excluding hydrogens is 707 g/mol. The number of hydrogen-bond donors (Lipinski definition) is 0. The maximum absolute atomic E-state index is 10.7. The topological polar surface area (TPSA) is 53.1 Å². The zero-order valence-electron chi connectivity index (χ0n) is 31.3. The van der Waals surface area contributed by atoms with Gasteiger partial charge in [0.25, 0.3) is 0 Å². The van der Waals surface area contributed by atoms with Crippen molar-refractivity contribution in [2.24, 2.45) is 0 Å². The van der Waals surface area contributed by atoms with Crippen molar-refractivity contribution in [1.29, 1.82) is 5.26 Å². The summed E-state index contributed by atoms with van der Waals surface area (Å²) < 4.78 is 6.11. The lowest BCUT2D eigenvalue weighted by molar-refractivity contribution is 0.620. The van der Waals surface area contributed by atoms with Gasteiger partial charge in [0.05, 0.1) is 11.3 Å². The molecule has 4 nitrogen and oxygen atoms in total. The first-order valence-corrected chi connectivity index (χ1v) is 19.4. The predicted molar refractivity (Wildman–Crippen MR) is 240 cm³/mol. The Balaban J connectivity index is 1.02. The van der Waals surface area contributed by atoms with Crippen molar-refractivity contribution in [3.63, 3.8) is 0 Å². The molecule has 0 spiro atoms. The third kappa shape index (κ3) is 5.91. The van der Waals surface area contributed by atoms with Gasteiger partial charge in [0.15, 0.2) is 5.58 Å². The van der Waals surface area contributed by atoms with Crippen molar-refractivity contribution in [2.45, 2.75) is 0 Å². The number of oxazole rings is 1. The summed E-state index contributed by atoms with van der Waals surface area (Å²) in [6.07, 6.45) is 0. The van der Waals surface area contributed by atoms with Crippen LogP contribution in [-0.4, -0.2) is 4.98 Å². The number of aromatic nitrogens is 1. The van der Waals surface area contributed by atoms with Crippen LogP contribution in [0.15, 0.2) is 205 Å². The zero-order chi connectivity index (χ0) is 38.6. The van der Waals surface area contributed by atoms with Gasteiger partial charge in [-0.2, -0.15) is 5.26 Å². The molecule has 0 saturated carbocycles. The summed E-state index contributed by atoms with van der Waals surface area (Å²) in [4.78, 5) is 6.90. The Bertz CT molecular complexity index is 3250. The minimum Gasteiger partial charge on any atom is -0.436 e. The van der Waals surface area contributed by atoms with Crippen LogP contribution in [0.3, 0.4) is 0 Å². The van der Waals surface area contributed by atoms with E-state index in [0.29, 0.717) is 17.0 Å². The van der Waals surface area contributed by atoms with Crippen molar-refractivity contribution in [2.75, 3.05) is 4.90 Å². The van der Waals surface area contributed by atoms with E-state index < -0.39 is 0 Å². The molecule has 58 heavy (non-hydrogen) atoms. The molecule has 4 heteroatoms. The highest BCUT2D eigenvalue weighted by molar-refractivity contribution is 5.97. The average Bonchev–Trinajstić information content (AvgIpc) is 3.73. The Labute approximate surface area is 335 Å². The van der Waals surface area contributed by atoms with Gasteiger partial charge in [-0.05, 0) is 144 Å². The van der Waals surface area contributed by atoms with Gasteiger partial charge in [-0.1, -0.05) is 121 Å². The van der Waals surface area contributed by atoms with E-state index in [4.69, 9.17) is 9.40 Å². The molecule has 0 N–H and O–H groups in total. The molecule has 0 aliphatic carbocycles. The SMILES string of the molecule is N#Cc1cc(-c2nc3ccccc3o2)ccc1N(c1ccc2cc(-c3ccc4ccccc4c3)ccc2c1)c1ccc2cc(-c3ccc4ccccc4c3)ccc2c1. The van der Waals surface area contributed by atoms with Crippen LogP contribution >= 0.6 is 0 Å². The van der Waals surface area contributed by atoms with Crippen molar-refractivity contribution in [1.82, 2.24) is 4.98 Å². The summed E-state index contributed by atoms with van der Waals surface area (Å²) in [6.45, 7) is 0. The average molecular weight is 740 g/mol. The number of benzene rings is 10. The summed E-state index contributed by atoms with van der Waals surface area (Å²) in [7, 11) is 0. The van der Waals surface area contributed by atoms with Crippen molar-refractivity contribution >= 4 is 71.3 Å². The summed E-state index contributed by atoms with van der Waals surface area (Å²) >= 11 is 0. The van der Waals surface area contributed by atoms with Gasteiger partial charge >= 0.3 is 0 Å². The second-order valence-electron chi connectivity index (χ2n) is 14.8. The Kier molecular flexibility index (Phi) is 7.84. The van der Waals surface area contributed by atoms with Crippen molar-refractivity contribution in [3.8, 4) is 39.8 Å². The number of rotatable bonds is 6. The maximum Gasteiger partial charge on any atom is 0.227 e. The van der Waals surface area contributed by atoms with Gasteiger partial charge in [0.1, 0.15) is 11.6 Å². The fourth-order valence-electron chi connectivity index (χ4n) is 8.22. The molecule has 0 aliphatic rings. The minimum atomic E-state index is 0.483. The van der Waals surface area contributed by atoms with E-state index in [0.717, 1.165) is 49.7 Å². The largest absolute Gasteiger partial charge is 0.436 e. The first-order chi connectivity index (χ1) is 28.6. The van der Waals surface area contributed by atoms with E-state index in [1.54, 1.807) is 0 Å². The number of hydrogen-bond acceptors (Lipinski definition) is 4. The zero-order valence-corrected chi connectivity index (χ0v) is 31.3. The van der Waals surface area contributed by atoms with Crippen LogP contribution in [0.4, 0.5) is 17.1 Å². The van der Waals surface area contributed by atoms with E-state index in [2.05, 4.69) is 169 Å². The molecule has 11 aromatic rings. The molecule has 0 atom stereocenters. The summed E-state index contributed by atoms with van der Waals surface area (Å²) in [5.41, 5.74) is 10.1. The third-order valence-corrected chi connectivity index (χ3v) is 11.2. The third-order valence-electron chi connectivity index (χ3n) is 11.2. The maximum atomic E-state index is 10.7.